The number of ether oxygens (including phenoxy) is 6. The van der Waals surface area contributed by atoms with Crippen LogP contribution in [0.4, 0.5) is 0 Å². The molecule has 0 radical (unpaired) electrons. The summed E-state index contributed by atoms with van der Waals surface area (Å²) in [5, 5.41) is 0. The molecule has 0 spiro atoms. The Hall–Kier alpha value is -2.98. The second kappa shape index (κ2) is 11.4. The molecule has 0 bridgehead atoms. The lowest BCUT2D eigenvalue weighted by molar-refractivity contribution is -0.307. The van der Waals surface area contributed by atoms with Crippen molar-refractivity contribution in [1.82, 2.24) is 0 Å². The normalized spacial score (nSPS) is 25.2. The molecule has 1 fully saturated rings. The molecule has 1 heterocycles. The molecule has 0 amide bonds. The number of esters is 4. The van der Waals surface area contributed by atoms with Crippen molar-refractivity contribution in [3.05, 3.63) is 35.9 Å². The molecule has 1 saturated heterocycles. The third-order valence-electron chi connectivity index (χ3n) is 4.21. The zero-order chi connectivity index (χ0) is 23.0. The number of carbonyl (C=O) groups excluding carboxylic acids is 4. The van der Waals surface area contributed by atoms with E-state index in [-0.39, 0.29) is 13.2 Å². The van der Waals surface area contributed by atoms with E-state index in [4.69, 9.17) is 28.4 Å². The van der Waals surface area contributed by atoms with Crippen LogP contribution in [0.5, 0.6) is 0 Å². The Labute approximate surface area is 179 Å². The number of hydrogen-bond donors (Lipinski definition) is 0. The monoisotopic (exact) mass is 438 g/mol. The number of carbonyl (C=O) groups is 4. The van der Waals surface area contributed by atoms with E-state index in [9.17, 15) is 19.2 Å². The summed E-state index contributed by atoms with van der Waals surface area (Å²) in [4.78, 5) is 46.5. The summed E-state index contributed by atoms with van der Waals surface area (Å²) in [5.74, 6) is -2.62. The van der Waals surface area contributed by atoms with E-state index in [0.717, 1.165) is 5.56 Å². The van der Waals surface area contributed by atoms with Crippen molar-refractivity contribution in [2.75, 3.05) is 6.61 Å². The van der Waals surface area contributed by atoms with Crippen molar-refractivity contribution in [2.24, 2.45) is 0 Å². The van der Waals surface area contributed by atoms with Crippen LogP contribution in [0, 0.1) is 0 Å². The molecule has 2 rings (SSSR count). The average molecular weight is 438 g/mol. The standard InChI is InChI=1S/C21H26O10/c1-12(22)26-11-17-18(28-13(2)23)19(29-14(3)24)20(21(31-17)30-15(4)25)27-10-16-8-6-5-7-9-16/h5-9,17-21H,10-11H2,1-4H3/t17-,18-,19+,20+,21+/m1/s1. The zero-order valence-corrected chi connectivity index (χ0v) is 17.8. The molecule has 1 aromatic carbocycles. The quantitative estimate of drug-likeness (QED) is 0.433. The van der Waals surface area contributed by atoms with Gasteiger partial charge in [-0.3, -0.25) is 19.2 Å². The van der Waals surface area contributed by atoms with Crippen LogP contribution in [-0.2, 0) is 54.2 Å². The summed E-state index contributed by atoms with van der Waals surface area (Å²) in [6, 6.07) is 9.11. The molecule has 31 heavy (non-hydrogen) atoms. The summed E-state index contributed by atoms with van der Waals surface area (Å²) < 4.78 is 32.6. The Morgan fingerprint density at radius 1 is 0.774 bits per heavy atom. The highest BCUT2D eigenvalue weighted by Crippen LogP contribution is 2.30. The van der Waals surface area contributed by atoms with Gasteiger partial charge in [-0.15, -0.1) is 0 Å². The maximum Gasteiger partial charge on any atom is 0.305 e. The van der Waals surface area contributed by atoms with Gasteiger partial charge in [0.25, 0.3) is 0 Å². The Balaban J connectivity index is 2.36. The van der Waals surface area contributed by atoms with Gasteiger partial charge in [0.05, 0.1) is 6.61 Å². The minimum atomic E-state index is -1.31. The van der Waals surface area contributed by atoms with Gasteiger partial charge < -0.3 is 28.4 Å². The fourth-order valence-electron chi connectivity index (χ4n) is 3.07. The average Bonchev–Trinajstić information content (AvgIpc) is 2.67. The lowest BCUT2D eigenvalue weighted by Gasteiger charge is -2.44. The van der Waals surface area contributed by atoms with Gasteiger partial charge in [0.2, 0.25) is 6.29 Å². The summed E-state index contributed by atoms with van der Waals surface area (Å²) in [6.45, 7) is 4.47. The van der Waals surface area contributed by atoms with Crippen LogP contribution in [0.15, 0.2) is 30.3 Å². The summed E-state index contributed by atoms with van der Waals surface area (Å²) >= 11 is 0. The Morgan fingerprint density at radius 2 is 1.35 bits per heavy atom. The molecule has 10 heteroatoms. The third-order valence-corrected chi connectivity index (χ3v) is 4.21. The van der Waals surface area contributed by atoms with Crippen LogP contribution < -0.4 is 0 Å². The highest BCUT2D eigenvalue weighted by molar-refractivity contribution is 5.68. The van der Waals surface area contributed by atoms with E-state index in [2.05, 4.69) is 0 Å². The Kier molecular flexibility index (Phi) is 8.95. The molecule has 5 atom stereocenters. The first-order valence-electron chi connectivity index (χ1n) is 9.63. The second-order valence-corrected chi connectivity index (χ2v) is 6.86. The van der Waals surface area contributed by atoms with Crippen LogP contribution in [0.1, 0.15) is 33.3 Å². The highest BCUT2D eigenvalue weighted by Gasteiger charge is 2.52. The Morgan fingerprint density at radius 3 is 1.90 bits per heavy atom. The first-order valence-corrected chi connectivity index (χ1v) is 9.63. The Bertz CT molecular complexity index is 778. The lowest BCUT2D eigenvalue weighted by Crippen LogP contribution is -2.62. The van der Waals surface area contributed by atoms with Crippen LogP contribution in [0.3, 0.4) is 0 Å². The van der Waals surface area contributed by atoms with Crippen molar-refractivity contribution in [3.8, 4) is 0 Å². The van der Waals surface area contributed by atoms with E-state index >= 15 is 0 Å². The molecular weight excluding hydrogens is 412 g/mol. The van der Waals surface area contributed by atoms with Gasteiger partial charge in [0.15, 0.2) is 18.3 Å². The third kappa shape index (κ3) is 7.65. The van der Waals surface area contributed by atoms with E-state index in [1.807, 2.05) is 30.3 Å². The second-order valence-electron chi connectivity index (χ2n) is 6.86. The minimum absolute atomic E-state index is 0.0752. The van der Waals surface area contributed by atoms with E-state index in [1.165, 1.54) is 27.7 Å². The van der Waals surface area contributed by atoms with E-state index in [0.29, 0.717) is 0 Å². The van der Waals surface area contributed by atoms with Crippen LogP contribution in [0.2, 0.25) is 0 Å². The summed E-state index contributed by atoms with van der Waals surface area (Å²) in [5.41, 5.74) is 0.803. The molecular formula is C21H26O10. The number of benzene rings is 1. The van der Waals surface area contributed by atoms with Crippen molar-refractivity contribution in [1.29, 1.82) is 0 Å². The maximum atomic E-state index is 11.8. The molecule has 1 aliphatic rings. The molecule has 170 valence electrons. The van der Waals surface area contributed by atoms with Gasteiger partial charge in [-0.25, -0.2) is 0 Å². The topological polar surface area (TPSA) is 124 Å². The van der Waals surface area contributed by atoms with E-state index in [1.54, 1.807) is 0 Å². The molecule has 0 aromatic heterocycles. The van der Waals surface area contributed by atoms with Gasteiger partial charge in [0.1, 0.15) is 12.7 Å². The van der Waals surface area contributed by atoms with Crippen molar-refractivity contribution in [2.45, 2.75) is 65.0 Å². The molecule has 0 saturated carbocycles. The zero-order valence-electron chi connectivity index (χ0n) is 17.8. The first kappa shape index (κ1) is 24.3. The van der Waals surface area contributed by atoms with Crippen molar-refractivity contribution in [3.63, 3.8) is 0 Å². The summed E-state index contributed by atoms with van der Waals surface area (Å²) in [6.07, 6.45) is -5.86. The molecule has 1 aliphatic heterocycles. The minimum Gasteiger partial charge on any atom is -0.463 e. The first-order chi connectivity index (χ1) is 14.7. The lowest BCUT2D eigenvalue weighted by atomic mass is 9.98. The van der Waals surface area contributed by atoms with Gasteiger partial charge in [-0.1, -0.05) is 30.3 Å². The molecule has 10 nitrogen and oxygen atoms in total. The predicted molar refractivity (Wildman–Crippen MR) is 103 cm³/mol. The van der Waals surface area contributed by atoms with Crippen LogP contribution in [0.25, 0.3) is 0 Å². The van der Waals surface area contributed by atoms with Crippen molar-refractivity contribution >= 4 is 23.9 Å². The number of hydrogen-bond acceptors (Lipinski definition) is 10. The van der Waals surface area contributed by atoms with Crippen molar-refractivity contribution < 1.29 is 47.6 Å². The molecule has 0 unspecified atom stereocenters. The smallest absolute Gasteiger partial charge is 0.305 e. The largest absolute Gasteiger partial charge is 0.463 e. The van der Waals surface area contributed by atoms with Gasteiger partial charge in [-0.05, 0) is 5.56 Å². The molecule has 0 aliphatic carbocycles. The molecule has 1 aromatic rings. The van der Waals surface area contributed by atoms with E-state index < -0.39 is 54.6 Å². The van der Waals surface area contributed by atoms with Crippen LogP contribution >= 0.6 is 0 Å². The number of rotatable bonds is 8. The van der Waals surface area contributed by atoms with Gasteiger partial charge in [0, 0.05) is 27.7 Å². The maximum absolute atomic E-state index is 11.8. The highest BCUT2D eigenvalue weighted by atomic mass is 16.7. The predicted octanol–water partition coefficient (Wildman–Crippen LogP) is 1.29. The van der Waals surface area contributed by atoms with Crippen LogP contribution in [-0.4, -0.2) is 61.2 Å². The fraction of sp³-hybridized carbons (Fsp3) is 0.524. The SMILES string of the molecule is CC(=O)OC[C@H]1O[C@H](OC(C)=O)[C@@H](OCc2ccccc2)[C@@H](OC(C)=O)[C@@H]1OC(C)=O. The fourth-order valence-corrected chi connectivity index (χ4v) is 3.07. The van der Waals surface area contributed by atoms with Gasteiger partial charge >= 0.3 is 23.9 Å². The molecule has 0 N–H and O–H groups in total. The van der Waals surface area contributed by atoms with Gasteiger partial charge in [-0.2, -0.15) is 0 Å². The summed E-state index contributed by atoms with van der Waals surface area (Å²) in [7, 11) is 0.